The summed E-state index contributed by atoms with van der Waals surface area (Å²) in [6, 6.07) is 0.278. The van der Waals surface area contributed by atoms with E-state index in [4.69, 9.17) is 10.5 Å². The maximum atomic E-state index is 6.00. The minimum atomic E-state index is 0.278. The number of aryl methyl sites for hydroxylation is 1. The first-order valence-corrected chi connectivity index (χ1v) is 6.24. The van der Waals surface area contributed by atoms with Crippen LogP contribution < -0.4 is 11.1 Å². The lowest BCUT2D eigenvalue weighted by atomic mass is 10.3. The van der Waals surface area contributed by atoms with Crippen LogP contribution in [0.4, 0.5) is 11.5 Å². The van der Waals surface area contributed by atoms with Crippen LogP contribution in [0.15, 0.2) is 12.2 Å². The van der Waals surface area contributed by atoms with Crippen molar-refractivity contribution in [3.8, 4) is 0 Å². The monoisotopic (exact) mass is 252 g/mol. The molecule has 0 saturated carbocycles. The van der Waals surface area contributed by atoms with Crippen LogP contribution in [0.1, 0.15) is 32.5 Å². The predicted molar refractivity (Wildman–Crippen MR) is 75.9 cm³/mol. The van der Waals surface area contributed by atoms with E-state index in [9.17, 15) is 0 Å². The lowest BCUT2D eigenvalue weighted by Crippen LogP contribution is -2.15. The van der Waals surface area contributed by atoms with Crippen molar-refractivity contribution in [1.29, 1.82) is 0 Å². The second-order valence-corrected chi connectivity index (χ2v) is 4.82. The summed E-state index contributed by atoms with van der Waals surface area (Å²) in [6.07, 6.45) is 0. The summed E-state index contributed by atoms with van der Waals surface area (Å²) in [5.41, 5.74) is 8.60. The van der Waals surface area contributed by atoms with Crippen LogP contribution in [0.25, 0.3) is 0 Å². The third kappa shape index (κ3) is 3.77. The van der Waals surface area contributed by atoms with Gasteiger partial charge < -0.3 is 15.8 Å². The average Bonchev–Trinajstić information content (AvgIpc) is 2.56. The van der Waals surface area contributed by atoms with Crippen molar-refractivity contribution in [3.63, 3.8) is 0 Å². The number of nitrogens with one attached hydrogen (secondary N) is 1. The zero-order valence-corrected chi connectivity index (χ0v) is 11.8. The summed E-state index contributed by atoms with van der Waals surface area (Å²) in [6.45, 7) is 13.7. The quantitative estimate of drug-likeness (QED) is 0.577. The van der Waals surface area contributed by atoms with Crippen molar-refractivity contribution in [2.24, 2.45) is 0 Å². The van der Waals surface area contributed by atoms with Crippen LogP contribution in [-0.2, 0) is 4.74 Å². The lowest BCUT2D eigenvalue weighted by Gasteiger charge is -2.13. The number of nitrogens with two attached hydrogens (primary N) is 1. The molecule has 1 aromatic heterocycles. The highest BCUT2D eigenvalue weighted by Crippen LogP contribution is 2.25. The van der Waals surface area contributed by atoms with Gasteiger partial charge in [-0.3, -0.25) is 0 Å². The maximum absolute atomic E-state index is 6.00. The highest BCUT2D eigenvalue weighted by molar-refractivity contribution is 5.64. The number of anilines is 2. The second-order valence-electron chi connectivity index (χ2n) is 4.82. The Morgan fingerprint density at radius 3 is 2.78 bits per heavy atom. The maximum Gasteiger partial charge on any atom is 0.148 e. The minimum Gasteiger partial charge on any atom is -0.394 e. The van der Waals surface area contributed by atoms with Crippen LogP contribution in [-0.4, -0.2) is 29.5 Å². The van der Waals surface area contributed by atoms with Gasteiger partial charge in [0.25, 0.3) is 0 Å². The van der Waals surface area contributed by atoms with Gasteiger partial charge in [0.05, 0.1) is 24.6 Å². The molecule has 0 bridgehead atoms. The van der Waals surface area contributed by atoms with Gasteiger partial charge >= 0.3 is 0 Å². The van der Waals surface area contributed by atoms with E-state index in [2.05, 4.69) is 30.8 Å². The van der Waals surface area contributed by atoms with E-state index in [0.717, 1.165) is 17.1 Å². The SMILES string of the molecule is C=C(C)COCCNc1c(N)c(C)nn1C(C)C. The number of ether oxygens (including phenoxy) is 1. The summed E-state index contributed by atoms with van der Waals surface area (Å²) >= 11 is 0. The van der Waals surface area contributed by atoms with Crippen LogP contribution in [0, 0.1) is 6.92 Å². The zero-order chi connectivity index (χ0) is 13.7. The predicted octanol–water partition coefficient (Wildman–Crippen LogP) is 2.36. The fourth-order valence-corrected chi connectivity index (χ4v) is 1.60. The van der Waals surface area contributed by atoms with Gasteiger partial charge in [0.1, 0.15) is 5.82 Å². The molecule has 0 fully saturated rings. The molecule has 0 aliphatic rings. The minimum absolute atomic E-state index is 0.278. The van der Waals surface area contributed by atoms with E-state index in [1.54, 1.807) is 0 Å². The topological polar surface area (TPSA) is 65.1 Å². The Hall–Kier alpha value is -1.49. The van der Waals surface area contributed by atoms with Gasteiger partial charge in [-0.2, -0.15) is 5.10 Å². The van der Waals surface area contributed by atoms with Crippen LogP contribution >= 0.6 is 0 Å². The number of aromatic nitrogens is 2. The van der Waals surface area contributed by atoms with Crippen molar-refractivity contribution >= 4 is 11.5 Å². The van der Waals surface area contributed by atoms with Crippen molar-refractivity contribution in [1.82, 2.24) is 9.78 Å². The number of nitrogens with zero attached hydrogens (tertiary/aromatic N) is 2. The average molecular weight is 252 g/mol. The van der Waals surface area contributed by atoms with Crippen LogP contribution in [0.2, 0.25) is 0 Å². The van der Waals surface area contributed by atoms with Crippen LogP contribution in [0.5, 0.6) is 0 Å². The fourth-order valence-electron chi connectivity index (χ4n) is 1.60. The molecule has 18 heavy (non-hydrogen) atoms. The van der Waals surface area contributed by atoms with Crippen molar-refractivity contribution < 1.29 is 4.74 Å². The van der Waals surface area contributed by atoms with E-state index in [-0.39, 0.29) is 6.04 Å². The summed E-state index contributed by atoms with van der Waals surface area (Å²) in [5.74, 6) is 0.876. The summed E-state index contributed by atoms with van der Waals surface area (Å²) in [7, 11) is 0. The van der Waals surface area contributed by atoms with Gasteiger partial charge in [-0.15, -0.1) is 0 Å². The van der Waals surface area contributed by atoms with Gasteiger partial charge in [0.2, 0.25) is 0 Å². The highest BCUT2D eigenvalue weighted by Gasteiger charge is 2.13. The fraction of sp³-hybridized carbons (Fsp3) is 0.615. The number of rotatable bonds is 7. The smallest absolute Gasteiger partial charge is 0.148 e. The normalized spacial score (nSPS) is 10.9. The molecule has 0 amide bonds. The van der Waals surface area contributed by atoms with Crippen molar-refractivity contribution in [2.45, 2.75) is 33.7 Å². The standard InChI is InChI=1S/C13H24N4O/c1-9(2)8-18-7-6-15-13-12(14)11(5)16-17(13)10(3)4/h10,15H,1,6-8,14H2,2-5H3. The Morgan fingerprint density at radius 2 is 2.22 bits per heavy atom. The molecule has 0 aliphatic heterocycles. The Bertz CT molecular complexity index is 409. The Balaban J connectivity index is 2.53. The van der Waals surface area contributed by atoms with Gasteiger partial charge in [0.15, 0.2) is 0 Å². The molecular weight excluding hydrogens is 228 g/mol. The largest absolute Gasteiger partial charge is 0.394 e. The first-order chi connectivity index (χ1) is 8.43. The molecule has 0 atom stereocenters. The summed E-state index contributed by atoms with van der Waals surface area (Å²) in [4.78, 5) is 0. The molecule has 1 aromatic rings. The van der Waals surface area contributed by atoms with Crippen molar-refractivity contribution in [2.75, 3.05) is 30.8 Å². The Kier molecular flexibility index (Phi) is 5.22. The molecule has 0 spiro atoms. The second kappa shape index (κ2) is 6.44. The molecule has 1 rings (SSSR count). The molecule has 5 heteroatoms. The Labute approximate surface area is 109 Å². The molecule has 5 nitrogen and oxygen atoms in total. The number of nitrogen functional groups attached to an aromatic ring is 1. The van der Waals surface area contributed by atoms with Gasteiger partial charge in [-0.1, -0.05) is 12.2 Å². The summed E-state index contributed by atoms with van der Waals surface area (Å²) in [5, 5.41) is 7.69. The molecule has 102 valence electrons. The van der Waals surface area contributed by atoms with Crippen molar-refractivity contribution in [3.05, 3.63) is 17.8 Å². The third-order valence-electron chi connectivity index (χ3n) is 2.51. The van der Waals surface area contributed by atoms with E-state index in [1.165, 1.54) is 0 Å². The van der Waals surface area contributed by atoms with Gasteiger partial charge in [-0.25, -0.2) is 4.68 Å². The van der Waals surface area contributed by atoms with E-state index in [0.29, 0.717) is 25.4 Å². The Morgan fingerprint density at radius 1 is 1.56 bits per heavy atom. The van der Waals surface area contributed by atoms with Crippen LogP contribution in [0.3, 0.4) is 0 Å². The molecule has 0 unspecified atom stereocenters. The number of hydrogen-bond acceptors (Lipinski definition) is 4. The zero-order valence-electron chi connectivity index (χ0n) is 11.8. The molecular formula is C13H24N4O. The molecule has 0 saturated heterocycles. The molecule has 0 aliphatic carbocycles. The highest BCUT2D eigenvalue weighted by atomic mass is 16.5. The van der Waals surface area contributed by atoms with E-state index < -0.39 is 0 Å². The van der Waals surface area contributed by atoms with Gasteiger partial charge in [-0.05, 0) is 27.7 Å². The molecule has 0 aromatic carbocycles. The first-order valence-electron chi connectivity index (χ1n) is 6.24. The molecule has 1 heterocycles. The number of hydrogen-bond donors (Lipinski definition) is 2. The molecule has 0 radical (unpaired) electrons. The first kappa shape index (κ1) is 14.6. The summed E-state index contributed by atoms with van der Waals surface area (Å²) < 4.78 is 7.34. The lowest BCUT2D eigenvalue weighted by molar-refractivity contribution is 0.167. The third-order valence-corrected chi connectivity index (χ3v) is 2.51. The molecule has 3 N–H and O–H groups in total. The van der Waals surface area contributed by atoms with E-state index in [1.807, 2.05) is 18.5 Å². The van der Waals surface area contributed by atoms with Gasteiger partial charge in [0, 0.05) is 12.6 Å². The van der Waals surface area contributed by atoms with E-state index >= 15 is 0 Å².